The van der Waals surface area contributed by atoms with Crippen molar-refractivity contribution in [1.82, 2.24) is 10.9 Å². The van der Waals surface area contributed by atoms with Gasteiger partial charge in [0, 0.05) is 17.2 Å². The van der Waals surface area contributed by atoms with Crippen LogP contribution in [0.4, 0.5) is 4.39 Å². The zero-order valence-electron chi connectivity index (χ0n) is 14.4. The van der Waals surface area contributed by atoms with E-state index in [9.17, 15) is 18.8 Å². The van der Waals surface area contributed by atoms with E-state index in [1.165, 1.54) is 43.5 Å². The highest BCUT2D eigenvalue weighted by Crippen LogP contribution is 2.11. The van der Waals surface area contributed by atoms with Gasteiger partial charge in [-0.3, -0.25) is 20.4 Å². The number of carbonyl (C=O) groups is 3. The first-order valence-electron chi connectivity index (χ1n) is 7.82. The summed E-state index contributed by atoms with van der Waals surface area (Å²) in [6.45, 7) is -0.608. The molecule has 0 aliphatic rings. The Labute approximate surface area is 154 Å². The fourth-order valence-electron chi connectivity index (χ4n) is 1.93. The van der Waals surface area contributed by atoms with Gasteiger partial charge in [0.1, 0.15) is 11.6 Å². The first kappa shape index (κ1) is 19.6. The summed E-state index contributed by atoms with van der Waals surface area (Å²) >= 11 is 0. The van der Waals surface area contributed by atoms with E-state index < -0.39 is 30.2 Å². The number of methoxy groups -OCH3 is 1. The topological polar surface area (TPSA) is 93.7 Å². The molecule has 0 saturated heterocycles. The smallest absolute Gasteiger partial charge is 0.331 e. The van der Waals surface area contributed by atoms with Crippen molar-refractivity contribution in [2.45, 2.75) is 0 Å². The molecular formula is C19H17FN2O5. The molecule has 0 heterocycles. The maximum atomic E-state index is 13.4. The lowest BCUT2D eigenvalue weighted by molar-refractivity contribution is -0.144. The van der Waals surface area contributed by atoms with Crippen molar-refractivity contribution >= 4 is 23.9 Å². The monoisotopic (exact) mass is 372 g/mol. The second kappa shape index (κ2) is 9.71. The van der Waals surface area contributed by atoms with E-state index in [4.69, 9.17) is 9.47 Å². The number of carbonyl (C=O) groups excluding carboxylic acids is 3. The average Bonchev–Trinajstić information content (AvgIpc) is 2.69. The summed E-state index contributed by atoms with van der Waals surface area (Å²) in [5.74, 6) is -2.00. The lowest BCUT2D eigenvalue weighted by atomic mass is 10.2. The third kappa shape index (κ3) is 6.28. The Bertz CT molecular complexity index is 849. The third-order valence-electron chi connectivity index (χ3n) is 3.32. The van der Waals surface area contributed by atoms with E-state index in [1.54, 1.807) is 18.2 Å². The van der Waals surface area contributed by atoms with E-state index in [1.807, 2.05) is 0 Å². The second-order valence-corrected chi connectivity index (χ2v) is 5.19. The zero-order chi connectivity index (χ0) is 19.6. The van der Waals surface area contributed by atoms with Crippen molar-refractivity contribution in [3.8, 4) is 5.75 Å². The van der Waals surface area contributed by atoms with E-state index in [2.05, 4.69) is 10.9 Å². The molecule has 0 fully saturated rings. The molecule has 0 unspecified atom stereocenters. The summed E-state index contributed by atoms with van der Waals surface area (Å²) < 4.78 is 23.1. The molecule has 0 bridgehead atoms. The summed E-state index contributed by atoms with van der Waals surface area (Å²) in [4.78, 5) is 35.0. The molecule has 140 valence electrons. The van der Waals surface area contributed by atoms with E-state index in [0.29, 0.717) is 11.3 Å². The standard InChI is InChI=1S/C19H17FN2O5/c1-26-15-9-6-14(7-10-15)19(25)22-21-17(23)12-27-18(24)11-8-13-4-2-3-5-16(13)20/h2-11H,12H2,1H3,(H,21,23)(H,22,25)/b11-8+. The number of ether oxygens (including phenoxy) is 2. The van der Waals surface area contributed by atoms with Crippen LogP contribution in [0.25, 0.3) is 6.08 Å². The number of benzene rings is 2. The van der Waals surface area contributed by atoms with Gasteiger partial charge in [-0.1, -0.05) is 18.2 Å². The highest BCUT2D eigenvalue weighted by Gasteiger charge is 2.09. The number of amides is 2. The van der Waals surface area contributed by atoms with Crippen molar-refractivity contribution in [2.75, 3.05) is 13.7 Å². The van der Waals surface area contributed by atoms with E-state index >= 15 is 0 Å². The summed E-state index contributed by atoms with van der Waals surface area (Å²) in [7, 11) is 1.50. The Balaban J connectivity index is 1.74. The zero-order valence-corrected chi connectivity index (χ0v) is 14.4. The largest absolute Gasteiger partial charge is 0.497 e. The highest BCUT2D eigenvalue weighted by molar-refractivity contribution is 5.96. The van der Waals surface area contributed by atoms with Crippen LogP contribution in [0.15, 0.2) is 54.6 Å². The Morgan fingerprint density at radius 3 is 2.41 bits per heavy atom. The molecule has 0 aliphatic carbocycles. The van der Waals surface area contributed by atoms with Crippen molar-refractivity contribution < 1.29 is 28.2 Å². The van der Waals surface area contributed by atoms with Crippen LogP contribution in [0.5, 0.6) is 5.75 Å². The molecule has 7 nitrogen and oxygen atoms in total. The molecule has 0 radical (unpaired) electrons. The molecule has 27 heavy (non-hydrogen) atoms. The maximum absolute atomic E-state index is 13.4. The minimum atomic E-state index is -0.824. The van der Waals surface area contributed by atoms with E-state index in [0.717, 1.165) is 6.08 Å². The maximum Gasteiger partial charge on any atom is 0.331 e. The predicted molar refractivity (Wildman–Crippen MR) is 95.0 cm³/mol. The molecule has 2 amide bonds. The van der Waals surface area contributed by atoms with Crippen LogP contribution in [0.3, 0.4) is 0 Å². The molecule has 0 aliphatic heterocycles. The van der Waals surface area contributed by atoms with Gasteiger partial charge in [0.15, 0.2) is 6.61 Å². The average molecular weight is 372 g/mol. The van der Waals surface area contributed by atoms with Gasteiger partial charge in [-0.15, -0.1) is 0 Å². The summed E-state index contributed by atoms with van der Waals surface area (Å²) in [6, 6.07) is 12.1. The number of hydrogen-bond donors (Lipinski definition) is 2. The van der Waals surface area contributed by atoms with Gasteiger partial charge in [0.05, 0.1) is 7.11 Å². The molecule has 2 aromatic rings. The van der Waals surface area contributed by atoms with Crippen LogP contribution >= 0.6 is 0 Å². The molecule has 0 saturated carbocycles. The first-order chi connectivity index (χ1) is 13.0. The van der Waals surface area contributed by atoms with Gasteiger partial charge >= 0.3 is 5.97 Å². The molecule has 2 aromatic carbocycles. The Kier molecular flexibility index (Phi) is 7.07. The van der Waals surface area contributed by atoms with E-state index in [-0.39, 0.29) is 5.56 Å². The van der Waals surface area contributed by atoms with Crippen molar-refractivity contribution in [3.05, 3.63) is 71.6 Å². The Hall–Kier alpha value is -3.68. The van der Waals surface area contributed by atoms with Crippen LogP contribution in [0.2, 0.25) is 0 Å². The number of hydrogen-bond acceptors (Lipinski definition) is 5. The van der Waals surface area contributed by atoms with Crippen molar-refractivity contribution in [1.29, 1.82) is 0 Å². The number of rotatable bonds is 6. The number of esters is 1. The van der Waals surface area contributed by atoms with Crippen LogP contribution in [-0.2, 0) is 14.3 Å². The van der Waals surface area contributed by atoms with Crippen LogP contribution in [0.1, 0.15) is 15.9 Å². The summed E-state index contributed by atoms with van der Waals surface area (Å²) in [6.07, 6.45) is 2.24. The minimum absolute atomic E-state index is 0.214. The summed E-state index contributed by atoms with van der Waals surface area (Å²) in [5, 5.41) is 0. The summed E-state index contributed by atoms with van der Waals surface area (Å²) in [5.41, 5.74) is 4.82. The first-order valence-corrected chi connectivity index (χ1v) is 7.82. The molecule has 2 N–H and O–H groups in total. The van der Waals surface area contributed by atoms with Gasteiger partial charge in [-0.2, -0.15) is 0 Å². The molecule has 0 aromatic heterocycles. The molecule has 0 atom stereocenters. The van der Waals surface area contributed by atoms with Gasteiger partial charge in [0.2, 0.25) is 0 Å². The van der Waals surface area contributed by atoms with Gasteiger partial charge in [-0.05, 0) is 36.4 Å². The van der Waals surface area contributed by atoms with Gasteiger partial charge < -0.3 is 9.47 Å². The number of nitrogens with one attached hydrogen (secondary N) is 2. The lowest BCUT2D eigenvalue weighted by Crippen LogP contribution is -2.43. The highest BCUT2D eigenvalue weighted by atomic mass is 19.1. The van der Waals surface area contributed by atoms with Crippen molar-refractivity contribution in [3.63, 3.8) is 0 Å². The van der Waals surface area contributed by atoms with Crippen molar-refractivity contribution in [2.24, 2.45) is 0 Å². The van der Waals surface area contributed by atoms with Crippen LogP contribution in [-0.4, -0.2) is 31.5 Å². The molecular weight excluding hydrogens is 355 g/mol. The third-order valence-corrected chi connectivity index (χ3v) is 3.32. The molecule has 2 rings (SSSR count). The molecule has 0 spiro atoms. The Morgan fingerprint density at radius 1 is 1.04 bits per heavy atom. The van der Waals surface area contributed by atoms with Gasteiger partial charge in [-0.25, -0.2) is 9.18 Å². The quantitative estimate of drug-likeness (QED) is 0.459. The fraction of sp³-hybridized carbons (Fsp3) is 0.105. The SMILES string of the molecule is COc1ccc(C(=O)NNC(=O)COC(=O)/C=C/c2ccccc2F)cc1. The minimum Gasteiger partial charge on any atom is -0.497 e. The van der Waals surface area contributed by atoms with Crippen LogP contribution < -0.4 is 15.6 Å². The van der Waals surface area contributed by atoms with Gasteiger partial charge in [0.25, 0.3) is 11.8 Å². The fourth-order valence-corrected chi connectivity index (χ4v) is 1.93. The number of halogens is 1. The predicted octanol–water partition coefficient (Wildman–Crippen LogP) is 1.85. The number of hydrazine groups is 1. The normalized spacial score (nSPS) is 10.3. The van der Waals surface area contributed by atoms with Crippen LogP contribution in [0, 0.1) is 5.82 Å². The Morgan fingerprint density at radius 2 is 1.74 bits per heavy atom. The lowest BCUT2D eigenvalue weighted by Gasteiger charge is -2.08. The molecule has 8 heteroatoms. The second-order valence-electron chi connectivity index (χ2n) is 5.19.